The Morgan fingerprint density at radius 3 is 3.20 bits per heavy atom. The zero-order valence-corrected chi connectivity index (χ0v) is 8.91. The van der Waals surface area contributed by atoms with Crippen molar-refractivity contribution in [3.63, 3.8) is 0 Å². The van der Waals surface area contributed by atoms with Gasteiger partial charge in [0.15, 0.2) is 0 Å². The van der Waals surface area contributed by atoms with Gasteiger partial charge in [0.2, 0.25) is 12.3 Å². The van der Waals surface area contributed by atoms with Crippen LogP contribution in [0.4, 0.5) is 0 Å². The zero-order valence-electron chi connectivity index (χ0n) is 8.91. The highest BCUT2D eigenvalue weighted by Crippen LogP contribution is 2.49. The van der Waals surface area contributed by atoms with Crippen LogP contribution in [0.5, 0.6) is 0 Å². The predicted molar refractivity (Wildman–Crippen MR) is 55.4 cm³/mol. The molecule has 1 spiro atoms. The van der Waals surface area contributed by atoms with Crippen LogP contribution in [0.3, 0.4) is 0 Å². The van der Waals surface area contributed by atoms with Gasteiger partial charge in [0.25, 0.3) is 0 Å². The summed E-state index contributed by atoms with van der Waals surface area (Å²) in [4.78, 5) is 0. The van der Waals surface area contributed by atoms with E-state index in [2.05, 4.69) is 15.5 Å². The van der Waals surface area contributed by atoms with Gasteiger partial charge in [-0.3, -0.25) is 0 Å². The molecular weight excluding hydrogens is 190 g/mol. The molecule has 1 aliphatic carbocycles. The highest BCUT2D eigenvalue weighted by molar-refractivity contribution is 5.02. The minimum atomic E-state index is 0.507. The fourth-order valence-electron chi connectivity index (χ4n) is 3.20. The molecule has 0 aromatic carbocycles. The molecule has 2 heterocycles. The standard InChI is InChI=1S/C11H17N3O/c1-3-11(7-12-5-1)4-2-9(6-11)10-14-13-8-15-10/h8-9,12H,1-7H2. The average molecular weight is 207 g/mol. The van der Waals surface area contributed by atoms with Gasteiger partial charge in [-0.2, -0.15) is 0 Å². The van der Waals surface area contributed by atoms with Gasteiger partial charge in [-0.05, 0) is 44.1 Å². The van der Waals surface area contributed by atoms with Crippen molar-refractivity contribution in [1.82, 2.24) is 15.5 Å². The number of hydrogen-bond acceptors (Lipinski definition) is 4. The van der Waals surface area contributed by atoms with Gasteiger partial charge in [-0.1, -0.05) is 0 Å². The Morgan fingerprint density at radius 2 is 2.47 bits per heavy atom. The van der Waals surface area contributed by atoms with Crippen LogP contribution >= 0.6 is 0 Å². The highest BCUT2D eigenvalue weighted by Gasteiger charge is 2.41. The lowest BCUT2D eigenvalue weighted by atomic mass is 9.78. The minimum Gasteiger partial charge on any atom is -0.428 e. The van der Waals surface area contributed by atoms with Gasteiger partial charge in [0, 0.05) is 12.5 Å². The van der Waals surface area contributed by atoms with E-state index in [-0.39, 0.29) is 0 Å². The first-order valence-corrected chi connectivity index (χ1v) is 5.85. The lowest BCUT2D eigenvalue weighted by molar-refractivity contribution is 0.211. The molecule has 2 atom stereocenters. The second-order valence-corrected chi connectivity index (χ2v) is 5.00. The minimum absolute atomic E-state index is 0.507. The van der Waals surface area contributed by atoms with Crippen molar-refractivity contribution < 1.29 is 4.42 Å². The van der Waals surface area contributed by atoms with E-state index < -0.39 is 0 Å². The third kappa shape index (κ3) is 1.67. The molecule has 1 saturated carbocycles. The van der Waals surface area contributed by atoms with Gasteiger partial charge >= 0.3 is 0 Å². The molecule has 1 saturated heterocycles. The molecule has 4 nitrogen and oxygen atoms in total. The van der Waals surface area contributed by atoms with Crippen LogP contribution in [0.25, 0.3) is 0 Å². The Hall–Kier alpha value is -0.900. The fraction of sp³-hybridized carbons (Fsp3) is 0.818. The van der Waals surface area contributed by atoms with Gasteiger partial charge in [0.05, 0.1) is 0 Å². The molecule has 0 amide bonds. The monoisotopic (exact) mass is 207 g/mol. The first-order chi connectivity index (χ1) is 7.38. The van der Waals surface area contributed by atoms with E-state index in [0.29, 0.717) is 11.3 Å². The van der Waals surface area contributed by atoms with E-state index in [0.717, 1.165) is 5.89 Å². The van der Waals surface area contributed by atoms with Crippen LogP contribution in [-0.2, 0) is 0 Å². The average Bonchev–Trinajstić information content (AvgIpc) is 2.88. The van der Waals surface area contributed by atoms with Crippen molar-refractivity contribution >= 4 is 0 Å². The normalized spacial score (nSPS) is 36.1. The molecule has 1 N–H and O–H groups in total. The van der Waals surface area contributed by atoms with Crippen molar-refractivity contribution in [3.8, 4) is 0 Å². The molecule has 2 unspecified atom stereocenters. The second-order valence-electron chi connectivity index (χ2n) is 5.00. The van der Waals surface area contributed by atoms with E-state index >= 15 is 0 Å². The molecule has 1 aromatic heterocycles. The summed E-state index contributed by atoms with van der Waals surface area (Å²) in [6.07, 6.45) is 7.87. The third-order valence-corrected chi connectivity index (χ3v) is 3.99. The Labute approximate surface area is 89.5 Å². The zero-order chi connectivity index (χ0) is 10.1. The van der Waals surface area contributed by atoms with Crippen LogP contribution in [0, 0.1) is 5.41 Å². The van der Waals surface area contributed by atoms with E-state index in [1.54, 1.807) is 0 Å². The summed E-state index contributed by atoms with van der Waals surface area (Å²) in [5, 5.41) is 11.3. The summed E-state index contributed by atoms with van der Waals surface area (Å²) in [5.74, 6) is 1.35. The second kappa shape index (κ2) is 3.59. The lowest BCUT2D eigenvalue weighted by Gasteiger charge is -2.33. The van der Waals surface area contributed by atoms with Crippen LogP contribution < -0.4 is 5.32 Å². The topological polar surface area (TPSA) is 51.0 Å². The van der Waals surface area contributed by atoms with Crippen molar-refractivity contribution in [3.05, 3.63) is 12.3 Å². The number of piperidine rings is 1. The smallest absolute Gasteiger partial charge is 0.219 e. The maximum Gasteiger partial charge on any atom is 0.219 e. The van der Waals surface area contributed by atoms with Crippen LogP contribution in [0.2, 0.25) is 0 Å². The molecular formula is C11H17N3O. The Bertz CT molecular complexity index is 317. The van der Waals surface area contributed by atoms with Gasteiger partial charge in [-0.15, -0.1) is 10.2 Å². The molecule has 1 aromatic rings. The van der Waals surface area contributed by atoms with Gasteiger partial charge < -0.3 is 9.73 Å². The van der Waals surface area contributed by atoms with Gasteiger partial charge in [0.1, 0.15) is 0 Å². The summed E-state index contributed by atoms with van der Waals surface area (Å²) in [6.45, 7) is 2.37. The van der Waals surface area contributed by atoms with Crippen molar-refractivity contribution in [2.75, 3.05) is 13.1 Å². The maximum absolute atomic E-state index is 5.31. The molecule has 2 fully saturated rings. The van der Waals surface area contributed by atoms with Crippen molar-refractivity contribution in [2.45, 2.75) is 38.0 Å². The van der Waals surface area contributed by atoms with E-state index in [1.807, 2.05) is 0 Å². The highest BCUT2D eigenvalue weighted by atomic mass is 16.4. The molecule has 0 bridgehead atoms. The Morgan fingerprint density at radius 1 is 1.47 bits per heavy atom. The Balaban J connectivity index is 1.72. The molecule has 4 heteroatoms. The third-order valence-electron chi connectivity index (χ3n) is 3.99. The maximum atomic E-state index is 5.31. The number of hydrogen-bond donors (Lipinski definition) is 1. The fourth-order valence-corrected chi connectivity index (χ4v) is 3.20. The first-order valence-electron chi connectivity index (χ1n) is 5.85. The summed E-state index contributed by atoms with van der Waals surface area (Å²) in [7, 11) is 0. The number of aromatic nitrogens is 2. The molecule has 82 valence electrons. The van der Waals surface area contributed by atoms with Crippen molar-refractivity contribution in [1.29, 1.82) is 0 Å². The van der Waals surface area contributed by atoms with Gasteiger partial charge in [-0.25, -0.2) is 0 Å². The van der Waals surface area contributed by atoms with Crippen LogP contribution in [0.15, 0.2) is 10.8 Å². The summed E-state index contributed by atoms with van der Waals surface area (Å²) < 4.78 is 5.31. The Kier molecular flexibility index (Phi) is 2.24. The summed E-state index contributed by atoms with van der Waals surface area (Å²) >= 11 is 0. The molecule has 0 radical (unpaired) electrons. The SMILES string of the molecule is c1nnc(C2CCC3(CCCNC3)C2)o1. The van der Waals surface area contributed by atoms with E-state index in [9.17, 15) is 0 Å². The summed E-state index contributed by atoms with van der Waals surface area (Å²) in [5.41, 5.74) is 0.525. The van der Waals surface area contributed by atoms with E-state index in [4.69, 9.17) is 4.42 Å². The largest absolute Gasteiger partial charge is 0.428 e. The molecule has 1 aliphatic heterocycles. The first kappa shape index (κ1) is 9.33. The van der Waals surface area contributed by atoms with E-state index in [1.165, 1.54) is 51.6 Å². The quantitative estimate of drug-likeness (QED) is 0.761. The number of rotatable bonds is 1. The molecule has 3 rings (SSSR count). The number of nitrogens with zero attached hydrogens (tertiary/aromatic N) is 2. The molecule has 2 aliphatic rings. The lowest BCUT2D eigenvalue weighted by Crippen LogP contribution is -2.38. The predicted octanol–water partition coefficient (Wildman–Crippen LogP) is 1.71. The molecule has 15 heavy (non-hydrogen) atoms. The summed E-state index contributed by atoms with van der Waals surface area (Å²) in [6, 6.07) is 0. The van der Waals surface area contributed by atoms with Crippen LogP contribution in [0.1, 0.15) is 43.9 Å². The van der Waals surface area contributed by atoms with Crippen molar-refractivity contribution in [2.24, 2.45) is 5.41 Å². The van der Waals surface area contributed by atoms with Crippen LogP contribution in [-0.4, -0.2) is 23.3 Å². The number of nitrogens with one attached hydrogen (secondary N) is 1.